The molecule has 7 heavy (non-hydrogen) atoms. The number of nitrogens with one attached hydrogen (secondary N) is 1. The molecule has 0 aliphatic heterocycles. The van der Waals surface area contributed by atoms with Crippen LogP contribution in [0.5, 0.6) is 0 Å². The quantitative estimate of drug-likeness (QED) is 0.505. The lowest BCUT2D eigenvalue weighted by Gasteiger charge is -1.90. The summed E-state index contributed by atoms with van der Waals surface area (Å²) in [6, 6.07) is 0. The summed E-state index contributed by atoms with van der Waals surface area (Å²) in [7, 11) is 1.39. The van der Waals surface area contributed by atoms with E-state index in [1.807, 2.05) is 0 Å². The maximum Gasteiger partial charge on any atom is 0.240 e. The fraction of sp³-hybridized carbons (Fsp3) is 0.667. The summed E-state index contributed by atoms with van der Waals surface area (Å²) in [5, 5.41) is 0. The van der Waals surface area contributed by atoms with Gasteiger partial charge in [-0.1, -0.05) is 0 Å². The van der Waals surface area contributed by atoms with Crippen molar-refractivity contribution in [3.63, 3.8) is 0 Å². The zero-order chi connectivity index (χ0) is 4.99. The Bertz CT molecular complexity index is 56.9. The van der Waals surface area contributed by atoms with Crippen LogP contribution < -0.4 is 5.48 Å². The van der Waals surface area contributed by atoms with Gasteiger partial charge in [-0.2, -0.15) is 0 Å². The van der Waals surface area contributed by atoms with Crippen LogP contribution in [-0.2, 0) is 9.63 Å². The Morgan fingerprint density at radius 1 is 1.71 bits per heavy atom. The first-order valence-corrected chi connectivity index (χ1v) is 1.57. The minimum absolute atomic E-state index is 0. The Labute approximate surface area is 48.4 Å². The van der Waals surface area contributed by atoms with Crippen LogP contribution in [0, 0.1) is 0 Å². The molecule has 0 aromatic carbocycles. The van der Waals surface area contributed by atoms with E-state index >= 15 is 0 Å². The summed E-state index contributed by atoms with van der Waals surface area (Å²) in [6.45, 7) is 1.38. The Morgan fingerprint density at radius 2 is 2.14 bits per heavy atom. The zero-order valence-corrected chi connectivity index (χ0v) is 5.04. The van der Waals surface area contributed by atoms with E-state index in [0.29, 0.717) is 0 Å². The van der Waals surface area contributed by atoms with Crippen LogP contribution in [0.15, 0.2) is 0 Å². The van der Waals surface area contributed by atoms with Crippen molar-refractivity contribution in [3.05, 3.63) is 0 Å². The molecule has 0 fully saturated rings. The maximum absolute atomic E-state index is 9.81. The predicted molar refractivity (Wildman–Crippen MR) is 28.1 cm³/mol. The molecular formula is C3H8ClNO2. The van der Waals surface area contributed by atoms with Gasteiger partial charge in [0, 0.05) is 6.92 Å². The Balaban J connectivity index is 0. The van der Waals surface area contributed by atoms with E-state index in [9.17, 15) is 4.79 Å². The first-order chi connectivity index (χ1) is 2.77. The monoisotopic (exact) mass is 125 g/mol. The number of hydrogen-bond donors (Lipinski definition) is 1. The van der Waals surface area contributed by atoms with Crippen LogP contribution in [0.25, 0.3) is 0 Å². The van der Waals surface area contributed by atoms with Crippen molar-refractivity contribution in [3.8, 4) is 0 Å². The van der Waals surface area contributed by atoms with Crippen LogP contribution in [0.4, 0.5) is 0 Å². The number of rotatable bonds is 1. The molecule has 0 heterocycles. The second-order valence-electron chi connectivity index (χ2n) is 0.862. The number of hydrogen-bond acceptors (Lipinski definition) is 2. The lowest BCUT2D eigenvalue weighted by Crippen LogP contribution is -2.17. The van der Waals surface area contributed by atoms with E-state index in [1.54, 1.807) is 0 Å². The molecule has 44 valence electrons. The van der Waals surface area contributed by atoms with E-state index in [2.05, 4.69) is 10.3 Å². The van der Waals surface area contributed by atoms with Crippen LogP contribution in [0.2, 0.25) is 0 Å². The minimum Gasteiger partial charge on any atom is -0.277 e. The third-order valence-corrected chi connectivity index (χ3v) is 0.246. The molecular weight excluding hydrogens is 117 g/mol. The molecule has 1 N–H and O–H groups in total. The third kappa shape index (κ3) is 10.7. The molecule has 0 radical (unpaired) electrons. The maximum atomic E-state index is 9.81. The summed E-state index contributed by atoms with van der Waals surface area (Å²) in [5.74, 6) is -0.183. The topological polar surface area (TPSA) is 38.3 Å². The van der Waals surface area contributed by atoms with Crippen LogP contribution in [-0.4, -0.2) is 13.0 Å². The summed E-state index contributed by atoms with van der Waals surface area (Å²) in [4.78, 5) is 14.0. The van der Waals surface area contributed by atoms with Crippen LogP contribution in [0.3, 0.4) is 0 Å². The van der Waals surface area contributed by atoms with Gasteiger partial charge in [0.15, 0.2) is 0 Å². The summed E-state index contributed by atoms with van der Waals surface area (Å²) in [6.07, 6.45) is 0. The lowest BCUT2D eigenvalue weighted by atomic mass is 10.8. The van der Waals surface area contributed by atoms with E-state index in [0.717, 1.165) is 0 Å². The third-order valence-electron chi connectivity index (χ3n) is 0.246. The largest absolute Gasteiger partial charge is 0.277 e. The molecule has 0 saturated carbocycles. The highest BCUT2D eigenvalue weighted by molar-refractivity contribution is 5.85. The van der Waals surface area contributed by atoms with Gasteiger partial charge >= 0.3 is 0 Å². The van der Waals surface area contributed by atoms with Crippen molar-refractivity contribution >= 4 is 18.3 Å². The van der Waals surface area contributed by atoms with Crippen molar-refractivity contribution in [2.45, 2.75) is 6.92 Å². The molecule has 0 saturated heterocycles. The lowest BCUT2D eigenvalue weighted by molar-refractivity contribution is -0.128. The van der Waals surface area contributed by atoms with Gasteiger partial charge in [-0.05, 0) is 0 Å². The minimum atomic E-state index is -0.183. The van der Waals surface area contributed by atoms with Gasteiger partial charge in [-0.25, -0.2) is 5.48 Å². The van der Waals surface area contributed by atoms with E-state index < -0.39 is 0 Å². The number of carbonyl (C=O) groups excluding carboxylic acids is 1. The number of carbonyl (C=O) groups is 1. The molecule has 1 amide bonds. The second-order valence-corrected chi connectivity index (χ2v) is 0.862. The summed E-state index contributed by atoms with van der Waals surface area (Å²) >= 11 is 0. The number of amides is 1. The van der Waals surface area contributed by atoms with Gasteiger partial charge in [0.25, 0.3) is 0 Å². The van der Waals surface area contributed by atoms with Gasteiger partial charge in [-0.15, -0.1) is 12.4 Å². The Kier molecular flexibility index (Phi) is 8.06. The fourth-order valence-electron chi connectivity index (χ4n) is 0.144. The smallest absolute Gasteiger partial charge is 0.240 e. The fourth-order valence-corrected chi connectivity index (χ4v) is 0.144. The second kappa shape index (κ2) is 5.72. The molecule has 0 aromatic rings. The normalized spacial score (nSPS) is 6.57. The number of hydroxylamine groups is 1. The van der Waals surface area contributed by atoms with Gasteiger partial charge in [0.1, 0.15) is 0 Å². The average Bonchev–Trinajstić information content (AvgIpc) is 1.35. The molecule has 0 spiro atoms. The zero-order valence-electron chi connectivity index (χ0n) is 4.22. The van der Waals surface area contributed by atoms with Gasteiger partial charge in [-0.3, -0.25) is 9.63 Å². The average molecular weight is 126 g/mol. The highest BCUT2D eigenvalue weighted by Gasteiger charge is 1.79. The molecule has 0 aliphatic carbocycles. The summed E-state index contributed by atoms with van der Waals surface area (Å²) in [5.41, 5.74) is 2.07. The predicted octanol–water partition coefficient (Wildman–Crippen LogP) is 0.106. The highest BCUT2D eigenvalue weighted by Crippen LogP contribution is 1.53. The van der Waals surface area contributed by atoms with Gasteiger partial charge < -0.3 is 0 Å². The molecule has 0 rings (SSSR count). The van der Waals surface area contributed by atoms with E-state index in [-0.39, 0.29) is 18.3 Å². The van der Waals surface area contributed by atoms with Crippen molar-refractivity contribution in [2.75, 3.05) is 7.11 Å². The Morgan fingerprint density at radius 3 is 2.14 bits per heavy atom. The molecule has 0 aromatic heterocycles. The van der Waals surface area contributed by atoms with Gasteiger partial charge in [0.2, 0.25) is 5.91 Å². The molecule has 0 aliphatic rings. The van der Waals surface area contributed by atoms with Crippen LogP contribution >= 0.6 is 12.4 Å². The van der Waals surface area contributed by atoms with E-state index in [1.165, 1.54) is 14.0 Å². The molecule has 0 unspecified atom stereocenters. The number of halogens is 1. The Hall–Kier alpha value is -0.280. The molecule has 0 atom stereocenters. The first-order valence-electron chi connectivity index (χ1n) is 1.57. The molecule has 0 bridgehead atoms. The summed E-state index contributed by atoms with van der Waals surface area (Å²) < 4.78 is 0. The van der Waals surface area contributed by atoms with Gasteiger partial charge in [0.05, 0.1) is 7.11 Å². The highest BCUT2D eigenvalue weighted by atomic mass is 35.5. The van der Waals surface area contributed by atoms with Crippen LogP contribution in [0.1, 0.15) is 6.92 Å². The SMILES string of the molecule is CONC(C)=O.Cl. The van der Waals surface area contributed by atoms with Crippen molar-refractivity contribution in [1.29, 1.82) is 0 Å². The van der Waals surface area contributed by atoms with Crippen molar-refractivity contribution < 1.29 is 9.63 Å². The van der Waals surface area contributed by atoms with E-state index in [4.69, 9.17) is 0 Å². The molecule has 3 nitrogen and oxygen atoms in total. The first kappa shape index (κ1) is 9.87. The van der Waals surface area contributed by atoms with Crippen molar-refractivity contribution in [1.82, 2.24) is 5.48 Å². The standard InChI is InChI=1S/C3H7NO2.ClH/c1-3(5)4-6-2;/h1-2H3,(H,4,5);1H. The van der Waals surface area contributed by atoms with Crippen molar-refractivity contribution in [2.24, 2.45) is 0 Å². The molecule has 4 heteroatoms.